The lowest BCUT2D eigenvalue weighted by Gasteiger charge is -2.12. The van der Waals surface area contributed by atoms with E-state index in [1.165, 1.54) is 7.11 Å². The Labute approximate surface area is 184 Å². The summed E-state index contributed by atoms with van der Waals surface area (Å²) in [6.45, 7) is 0.192. The van der Waals surface area contributed by atoms with Crippen LogP contribution in [0.4, 0.5) is 0 Å². The first-order chi connectivity index (χ1) is 15.1. The number of carbonyl (C=O) groups is 2. The number of esters is 1. The molecule has 0 aliphatic heterocycles. The summed E-state index contributed by atoms with van der Waals surface area (Å²) >= 11 is 6.00. The Morgan fingerprint density at radius 3 is 2.42 bits per heavy atom. The predicted molar refractivity (Wildman–Crippen MR) is 121 cm³/mol. The molecule has 0 fully saturated rings. The largest absolute Gasteiger partial charge is 0.465 e. The summed E-state index contributed by atoms with van der Waals surface area (Å²) in [5.41, 5.74) is 3.86. The highest BCUT2D eigenvalue weighted by Crippen LogP contribution is 2.26. The maximum absolute atomic E-state index is 13.1. The first kappa shape index (κ1) is 20.6. The highest BCUT2D eigenvalue weighted by atomic mass is 35.5. The molecule has 0 aliphatic rings. The summed E-state index contributed by atoms with van der Waals surface area (Å²) in [4.78, 5) is 29.8. The fraction of sp³-hybridized carbons (Fsp3) is 0.0800. The number of benzene rings is 3. The van der Waals surface area contributed by atoms with Gasteiger partial charge in [0, 0.05) is 22.5 Å². The predicted octanol–water partition coefficient (Wildman–Crippen LogP) is 5.27. The molecule has 0 saturated carbocycles. The highest BCUT2D eigenvalue weighted by Gasteiger charge is 2.16. The summed E-state index contributed by atoms with van der Waals surface area (Å²) in [5, 5.41) is 4.30. The van der Waals surface area contributed by atoms with Gasteiger partial charge in [-0.25, -0.2) is 9.78 Å². The lowest BCUT2D eigenvalue weighted by molar-refractivity contribution is 0.0598. The molecule has 154 valence electrons. The fourth-order valence-corrected chi connectivity index (χ4v) is 3.51. The molecular weight excluding hydrogens is 412 g/mol. The molecule has 0 unspecified atom stereocenters. The summed E-state index contributed by atoms with van der Waals surface area (Å²) in [7, 11) is 1.33. The number of methoxy groups -OCH3 is 1. The van der Waals surface area contributed by atoms with Crippen LogP contribution in [0.25, 0.3) is 22.2 Å². The zero-order valence-corrected chi connectivity index (χ0v) is 17.5. The van der Waals surface area contributed by atoms with Gasteiger partial charge in [0.1, 0.15) is 0 Å². The molecule has 1 amide bonds. The minimum Gasteiger partial charge on any atom is -0.465 e. The molecule has 1 aromatic heterocycles. The highest BCUT2D eigenvalue weighted by molar-refractivity contribution is 6.30. The molecule has 1 heterocycles. The van der Waals surface area contributed by atoms with Gasteiger partial charge in [-0.2, -0.15) is 0 Å². The van der Waals surface area contributed by atoms with E-state index in [0.29, 0.717) is 27.4 Å². The van der Waals surface area contributed by atoms with Gasteiger partial charge >= 0.3 is 5.97 Å². The zero-order chi connectivity index (χ0) is 21.8. The number of hydrogen-bond donors (Lipinski definition) is 1. The van der Waals surface area contributed by atoms with Crippen LogP contribution in [0.2, 0.25) is 5.02 Å². The molecule has 0 saturated heterocycles. The molecular formula is C25H19ClN2O3. The van der Waals surface area contributed by atoms with Gasteiger partial charge in [0.25, 0.3) is 5.91 Å². The molecule has 5 nitrogen and oxygen atoms in total. The van der Waals surface area contributed by atoms with Crippen LogP contribution in [0, 0.1) is 0 Å². The minimum atomic E-state index is -0.441. The monoisotopic (exact) mass is 430 g/mol. The molecule has 0 radical (unpaired) electrons. The number of para-hydroxylation sites is 1. The van der Waals surface area contributed by atoms with Gasteiger partial charge in [0.05, 0.1) is 29.4 Å². The van der Waals surface area contributed by atoms with Crippen LogP contribution in [-0.2, 0) is 11.3 Å². The molecule has 0 spiro atoms. The lowest BCUT2D eigenvalue weighted by atomic mass is 10.0. The van der Waals surface area contributed by atoms with E-state index in [0.717, 1.165) is 16.5 Å². The number of fused-ring (bicyclic) bond motifs is 1. The van der Waals surface area contributed by atoms with Crippen LogP contribution < -0.4 is 5.32 Å². The summed E-state index contributed by atoms with van der Waals surface area (Å²) in [6.07, 6.45) is 0. The van der Waals surface area contributed by atoms with Crippen LogP contribution in [-0.4, -0.2) is 24.0 Å². The SMILES string of the molecule is COC(=O)c1ccccc1CNC(=O)c1cc(-c2ccc(Cl)cc2)nc2ccccc12. The van der Waals surface area contributed by atoms with Crippen LogP contribution in [0.3, 0.4) is 0 Å². The number of carbonyl (C=O) groups excluding carboxylic acids is 2. The third-order valence-corrected chi connectivity index (χ3v) is 5.21. The van der Waals surface area contributed by atoms with Crippen LogP contribution in [0.15, 0.2) is 78.9 Å². The molecule has 4 rings (SSSR count). The molecule has 31 heavy (non-hydrogen) atoms. The number of halogens is 1. The van der Waals surface area contributed by atoms with Crippen LogP contribution >= 0.6 is 11.6 Å². The molecule has 4 aromatic rings. The zero-order valence-electron chi connectivity index (χ0n) is 16.8. The van der Waals surface area contributed by atoms with Crippen molar-refractivity contribution in [2.24, 2.45) is 0 Å². The van der Waals surface area contributed by atoms with Gasteiger partial charge < -0.3 is 10.1 Å². The second kappa shape index (κ2) is 8.98. The number of ether oxygens (including phenoxy) is 1. The Morgan fingerprint density at radius 1 is 0.935 bits per heavy atom. The maximum atomic E-state index is 13.1. The molecule has 0 atom stereocenters. The van der Waals surface area contributed by atoms with E-state index in [1.54, 1.807) is 36.4 Å². The average Bonchev–Trinajstić information content (AvgIpc) is 2.82. The normalized spacial score (nSPS) is 10.6. The van der Waals surface area contributed by atoms with E-state index in [4.69, 9.17) is 21.3 Å². The van der Waals surface area contributed by atoms with Gasteiger partial charge in [0.2, 0.25) is 0 Å². The molecule has 1 N–H and O–H groups in total. The second-order valence-corrected chi connectivity index (χ2v) is 7.35. The number of nitrogens with zero attached hydrogens (tertiary/aromatic N) is 1. The number of nitrogens with one attached hydrogen (secondary N) is 1. The van der Waals surface area contributed by atoms with Crippen molar-refractivity contribution >= 4 is 34.4 Å². The maximum Gasteiger partial charge on any atom is 0.338 e. The van der Waals surface area contributed by atoms with Gasteiger partial charge in [-0.05, 0) is 35.9 Å². The van der Waals surface area contributed by atoms with Gasteiger partial charge in [-0.15, -0.1) is 0 Å². The van der Waals surface area contributed by atoms with Crippen LogP contribution in [0.1, 0.15) is 26.3 Å². The second-order valence-electron chi connectivity index (χ2n) is 6.91. The van der Waals surface area contributed by atoms with Crippen molar-refractivity contribution in [2.75, 3.05) is 7.11 Å². The molecule has 0 aliphatic carbocycles. The summed E-state index contributed by atoms with van der Waals surface area (Å²) in [5.74, 6) is -0.697. The van der Waals surface area contributed by atoms with E-state index in [2.05, 4.69) is 5.32 Å². The van der Waals surface area contributed by atoms with Crippen molar-refractivity contribution in [3.05, 3.63) is 101 Å². The average molecular weight is 431 g/mol. The van der Waals surface area contributed by atoms with E-state index in [9.17, 15) is 9.59 Å². The van der Waals surface area contributed by atoms with E-state index >= 15 is 0 Å². The summed E-state index contributed by atoms with van der Waals surface area (Å²) in [6, 6.07) is 23.6. The van der Waals surface area contributed by atoms with Crippen molar-refractivity contribution < 1.29 is 14.3 Å². The number of aromatic nitrogens is 1. The topological polar surface area (TPSA) is 68.3 Å². The Morgan fingerprint density at radius 2 is 1.65 bits per heavy atom. The third kappa shape index (κ3) is 4.42. The third-order valence-electron chi connectivity index (χ3n) is 4.96. The Bertz CT molecular complexity index is 1270. The quantitative estimate of drug-likeness (QED) is 0.438. The van der Waals surface area contributed by atoms with Gasteiger partial charge in [-0.3, -0.25) is 4.79 Å². The van der Waals surface area contributed by atoms with Crippen molar-refractivity contribution in [3.63, 3.8) is 0 Å². The van der Waals surface area contributed by atoms with Crippen molar-refractivity contribution in [1.29, 1.82) is 0 Å². The van der Waals surface area contributed by atoms with E-state index < -0.39 is 5.97 Å². The molecule has 6 heteroatoms. The van der Waals surface area contributed by atoms with Crippen LogP contribution in [0.5, 0.6) is 0 Å². The Balaban J connectivity index is 1.68. The standard InChI is InChI=1S/C25H19ClN2O3/c1-31-25(30)19-7-3-2-6-17(19)15-27-24(29)21-14-23(16-10-12-18(26)13-11-16)28-22-9-5-4-8-20(21)22/h2-14H,15H2,1H3,(H,27,29). The number of rotatable bonds is 5. The van der Waals surface area contributed by atoms with Gasteiger partial charge in [-0.1, -0.05) is 60.1 Å². The molecule has 0 bridgehead atoms. The minimum absolute atomic E-state index is 0.192. The van der Waals surface area contributed by atoms with Gasteiger partial charge in [0.15, 0.2) is 0 Å². The van der Waals surface area contributed by atoms with Crippen molar-refractivity contribution in [3.8, 4) is 11.3 Å². The number of pyridine rings is 1. The van der Waals surface area contributed by atoms with E-state index in [1.807, 2.05) is 42.5 Å². The van der Waals surface area contributed by atoms with Crippen molar-refractivity contribution in [1.82, 2.24) is 10.3 Å². The Hall–Kier alpha value is -3.70. The lowest BCUT2D eigenvalue weighted by Crippen LogP contribution is -2.24. The Kier molecular flexibility index (Phi) is 5.96. The first-order valence-corrected chi connectivity index (χ1v) is 10.0. The summed E-state index contributed by atoms with van der Waals surface area (Å²) < 4.78 is 4.83. The van der Waals surface area contributed by atoms with E-state index in [-0.39, 0.29) is 12.5 Å². The molecule has 3 aromatic carbocycles. The smallest absolute Gasteiger partial charge is 0.338 e. The number of amides is 1. The number of hydrogen-bond acceptors (Lipinski definition) is 4. The first-order valence-electron chi connectivity index (χ1n) is 9.67. The van der Waals surface area contributed by atoms with Crippen molar-refractivity contribution in [2.45, 2.75) is 6.54 Å². The fourth-order valence-electron chi connectivity index (χ4n) is 3.39.